The fraction of sp³-hybridized carbons (Fsp3) is 0.650. The number of piperidine rings is 2. The summed E-state index contributed by atoms with van der Waals surface area (Å²) in [6.45, 7) is 3.33. The molecule has 0 aliphatic carbocycles. The van der Waals surface area contributed by atoms with Crippen LogP contribution < -0.4 is 10.1 Å². The van der Waals surface area contributed by atoms with Crippen LogP contribution in [0.4, 0.5) is 0 Å². The second-order valence-electron chi connectivity index (χ2n) is 7.94. The van der Waals surface area contributed by atoms with E-state index >= 15 is 0 Å². The lowest BCUT2D eigenvalue weighted by molar-refractivity contribution is -0.126. The quantitative estimate of drug-likeness (QED) is 0.769. The summed E-state index contributed by atoms with van der Waals surface area (Å²) in [5, 5.41) is 2.94. The third-order valence-corrected chi connectivity index (χ3v) is 6.85. The average molecular weight is 410 g/mol. The first-order valence-electron chi connectivity index (χ1n) is 9.98. The molecule has 1 amide bonds. The van der Waals surface area contributed by atoms with Crippen LogP contribution in [0.3, 0.4) is 0 Å². The standard InChI is InChI=1S/C20H31N3O4S/c1-22-12-9-19(10-13-22)27-18-7-5-16(6-8-18)14-21-20(24)17-4-3-11-23(15-17)28(2,25)26/h5-8,17,19H,3-4,9-15H2,1-2H3,(H,21,24). The van der Waals surface area contributed by atoms with Crippen LogP contribution in [0.25, 0.3) is 0 Å². The summed E-state index contributed by atoms with van der Waals surface area (Å²) in [7, 11) is -1.11. The lowest BCUT2D eigenvalue weighted by atomic mass is 9.99. The van der Waals surface area contributed by atoms with Crippen molar-refractivity contribution in [2.45, 2.75) is 38.3 Å². The highest BCUT2D eigenvalue weighted by Gasteiger charge is 2.29. The summed E-state index contributed by atoms with van der Waals surface area (Å²) < 4.78 is 30.9. The number of carbonyl (C=O) groups excluding carboxylic acids is 1. The van der Waals surface area contributed by atoms with E-state index < -0.39 is 10.0 Å². The molecule has 0 radical (unpaired) electrons. The third-order valence-electron chi connectivity index (χ3n) is 5.58. The van der Waals surface area contributed by atoms with E-state index in [-0.39, 0.29) is 24.5 Å². The number of rotatable bonds is 6. The van der Waals surface area contributed by atoms with Gasteiger partial charge in [0.2, 0.25) is 15.9 Å². The fourth-order valence-electron chi connectivity index (χ4n) is 3.77. The molecule has 0 saturated carbocycles. The number of ether oxygens (including phenoxy) is 1. The van der Waals surface area contributed by atoms with Crippen molar-refractivity contribution in [2.75, 3.05) is 39.5 Å². The Balaban J connectivity index is 1.46. The second kappa shape index (κ2) is 9.24. The Morgan fingerprint density at radius 3 is 2.46 bits per heavy atom. The first-order chi connectivity index (χ1) is 13.3. The average Bonchev–Trinajstić information content (AvgIpc) is 2.68. The Bertz CT molecular complexity index is 758. The zero-order valence-electron chi connectivity index (χ0n) is 16.8. The van der Waals surface area contributed by atoms with Gasteiger partial charge in [-0.3, -0.25) is 4.79 Å². The smallest absolute Gasteiger partial charge is 0.224 e. The van der Waals surface area contributed by atoms with Crippen LogP contribution in [-0.2, 0) is 21.4 Å². The van der Waals surface area contributed by atoms with Gasteiger partial charge in [-0.25, -0.2) is 12.7 Å². The van der Waals surface area contributed by atoms with Gasteiger partial charge in [-0.2, -0.15) is 0 Å². The van der Waals surface area contributed by atoms with Crippen LogP contribution in [-0.4, -0.2) is 69.1 Å². The van der Waals surface area contributed by atoms with Gasteiger partial charge < -0.3 is 15.0 Å². The molecule has 1 unspecified atom stereocenters. The molecule has 2 heterocycles. The summed E-state index contributed by atoms with van der Waals surface area (Å²) in [5.74, 6) is 0.497. The number of likely N-dealkylation sites (tertiary alicyclic amines) is 1. The zero-order chi connectivity index (χ0) is 20.1. The van der Waals surface area contributed by atoms with Gasteiger partial charge in [0, 0.05) is 32.7 Å². The van der Waals surface area contributed by atoms with Gasteiger partial charge in [0.05, 0.1) is 12.2 Å². The highest BCUT2D eigenvalue weighted by atomic mass is 32.2. The summed E-state index contributed by atoms with van der Waals surface area (Å²) >= 11 is 0. The zero-order valence-corrected chi connectivity index (χ0v) is 17.6. The number of hydrogen-bond acceptors (Lipinski definition) is 5. The SMILES string of the molecule is CN1CCC(Oc2ccc(CNC(=O)C3CCCN(S(C)(=O)=O)C3)cc2)CC1. The molecule has 0 bridgehead atoms. The van der Waals surface area contributed by atoms with E-state index in [9.17, 15) is 13.2 Å². The highest BCUT2D eigenvalue weighted by molar-refractivity contribution is 7.88. The van der Waals surface area contributed by atoms with Gasteiger partial charge in [-0.1, -0.05) is 12.1 Å². The number of amides is 1. The van der Waals surface area contributed by atoms with Crippen LogP contribution in [0.2, 0.25) is 0 Å². The Hall–Kier alpha value is -1.64. The molecule has 1 aromatic rings. The predicted octanol–water partition coefficient (Wildman–Crippen LogP) is 1.45. The molecule has 1 atom stereocenters. The molecule has 2 saturated heterocycles. The number of hydrogen-bond donors (Lipinski definition) is 1. The van der Waals surface area contributed by atoms with E-state index in [0.717, 1.165) is 43.7 Å². The molecule has 1 N–H and O–H groups in total. The second-order valence-corrected chi connectivity index (χ2v) is 9.92. The maximum absolute atomic E-state index is 12.4. The third kappa shape index (κ3) is 5.93. The minimum absolute atomic E-state index is 0.0833. The number of benzene rings is 1. The lowest BCUT2D eigenvalue weighted by Crippen LogP contribution is -2.44. The van der Waals surface area contributed by atoms with Crippen LogP contribution in [0, 0.1) is 5.92 Å². The van der Waals surface area contributed by atoms with Crippen molar-refractivity contribution in [3.8, 4) is 5.75 Å². The maximum atomic E-state index is 12.4. The summed E-state index contributed by atoms with van der Waals surface area (Å²) in [4.78, 5) is 14.8. The molecule has 0 spiro atoms. The molecule has 2 fully saturated rings. The molecule has 1 aromatic carbocycles. The Labute approximate surface area is 168 Å². The van der Waals surface area contributed by atoms with Crippen molar-refractivity contribution in [2.24, 2.45) is 5.92 Å². The van der Waals surface area contributed by atoms with E-state index in [4.69, 9.17) is 4.74 Å². The lowest BCUT2D eigenvalue weighted by Gasteiger charge is -2.30. The molecule has 156 valence electrons. The Morgan fingerprint density at radius 1 is 1.14 bits per heavy atom. The summed E-state index contributed by atoms with van der Waals surface area (Å²) in [6.07, 6.45) is 4.99. The van der Waals surface area contributed by atoms with Crippen LogP contribution in [0.1, 0.15) is 31.2 Å². The van der Waals surface area contributed by atoms with Crippen molar-refractivity contribution < 1.29 is 17.9 Å². The summed E-state index contributed by atoms with van der Waals surface area (Å²) in [6, 6.07) is 7.83. The van der Waals surface area contributed by atoms with Gasteiger partial charge in [-0.15, -0.1) is 0 Å². The van der Waals surface area contributed by atoms with Gasteiger partial charge >= 0.3 is 0 Å². The Kier molecular flexibility index (Phi) is 6.95. The molecular weight excluding hydrogens is 378 g/mol. The van der Waals surface area contributed by atoms with Gasteiger partial charge in [0.25, 0.3) is 0 Å². The van der Waals surface area contributed by atoms with E-state index in [2.05, 4.69) is 17.3 Å². The number of nitrogens with one attached hydrogen (secondary N) is 1. The minimum Gasteiger partial charge on any atom is -0.490 e. The van der Waals surface area contributed by atoms with Crippen LogP contribution >= 0.6 is 0 Å². The van der Waals surface area contributed by atoms with Crippen LogP contribution in [0.5, 0.6) is 5.75 Å². The largest absolute Gasteiger partial charge is 0.490 e. The first kappa shape index (κ1) is 21.1. The van der Waals surface area contributed by atoms with Crippen LogP contribution in [0.15, 0.2) is 24.3 Å². The topological polar surface area (TPSA) is 79.0 Å². The fourth-order valence-corrected chi connectivity index (χ4v) is 4.68. The number of sulfonamides is 1. The van der Waals surface area contributed by atoms with Crippen molar-refractivity contribution in [3.05, 3.63) is 29.8 Å². The summed E-state index contributed by atoms with van der Waals surface area (Å²) in [5.41, 5.74) is 1.000. The van der Waals surface area contributed by atoms with Crippen molar-refractivity contribution in [1.29, 1.82) is 0 Å². The van der Waals surface area contributed by atoms with Gasteiger partial charge in [0.15, 0.2) is 0 Å². The molecular formula is C20H31N3O4S. The molecule has 28 heavy (non-hydrogen) atoms. The molecule has 2 aliphatic heterocycles. The van der Waals surface area contributed by atoms with E-state index in [1.807, 2.05) is 24.3 Å². The first-order valence-corrected chi connectivity index (χ1v) is 11.8. The number of carbonyl (C=O) groups is 1. The maximum Gasteiger partial charge on any atom is 0.224 e. The van der Waals surface area contributed by atoms with E-state index in [1.54, 1.807) is 0 Å². The van der Waals surface area contributed by atoms with Crippen molar-refractivity contribution >= 4 is 15.9 Å². The van der Waals surface area contributed by atoms with E-state index in [0.29, 0.717) is 19.5 Å². The normalized spacial score (nSPS) is 22.7. The molecule has 7 nitrogen and oxygen atoms in total. The van der Waals surface area contributed by atoms with Crippen molar-refractivity contribution in [3.63, 3.8) is 0 Å². The molecule has 0 aromatic heterocycles. The molecule has 3 rings (SSSR count). The Morgan fingerprint density at radius 2 is 1.82 bits per heavy atom. The van der Waals surface area contributed by atoms with Gasteiger partial charge in [0.1, 0.15) is 11.9 Å². The monoisotopic (exact) mass is 409 g/mol. The number of nitrogens with zero attached hydrogens (tertiary/aromatic N) is 2. The van der Waals surface area contributed by atoms with E-state index in [1.165, 1.54) is 10.6 Å². The van der Waals surface area contributed by atoms with Gasteiger partial charge in [-0.05, 0) is 50.4 Å². The highest BCUT2D eigenvalue weighted by Crippen LogP contribution is 2.20. The molecule has 2 aliphatic rings. The van der Waals surface area contributed by atoms with Crippen molar-refractivity contribution in [1.82, 2.24) is 14.5 Å². The minimum atomic E-state index is -3.24. The predicted molar refractivity (Wildman–Crippen MR) is 109 cm³/mol. The molecule has 8 heteroatoms.